The van der Waals surface area contributed by atoms with E-state index in [9.17, 15) is 0 Å². The molecule has 112 valence electrons. The number of likely N-dealkylation sites (N-methyl/N-ethyl adjacent to an activating group) is 1. The van der Waals surface area contributed by atoms with Gasteiger partial charge in [0.2, 0.25) is 0 Å². The van der Waals surface area contributed by atoms with Crippen molar-refractivity contribution < 1.29 is 9.15 Å². The molecule has 0 saturated heterocycles. The first-order valence-corrected chi connectivity index (χ1v) is 8.10. The molecule has 0 spiro atoms. The lowest BCUT2D eigenvalue weighted by molar-refractivity contribution is 0.119. The molecule has 4 rings (SSSR count). The van der Waals surface area contributed by atoms with Gasteiger partial charge in [-0.25, -0.2) is 0 Å². The fourth-order valence-electron chi connectivity index (χ4n) is 3.02. The molecule has 0 fully saturated rings. The molecular formula is C18H16BrNO2. The highest BCUT2D eigenvalue weighted by atomic mass is 79.9. The van der Waals surface area contributed by atoms with Gasteiger partial charge in [-0.05, 0) is 45.9 Å². The van der Waals surface area contributed by atoms with Crippen molar-refractivity contribution in [3.05, 3.63) is 64.5 Å². The molecule has 2 heterocycles. The lowest BCUT2D eigenvalue weighted by atomic mass is 10.1. The average molecular weight is 358 g/mol. The first-order chi connectivity index (χ1) is 10.7. The van der Waals surface area contributed by atoms with E-state index in [0.717, 1.165) is 40.0 Å². The summed E-state index contributed by atoms with van der Waals surface area (Å²) >= 11 is 3.69. The second-order valence-electron chi connectivity index (χ2n) is 5.70. The average Bonchev–Trinajstić information content (AvgIpc) is 2.98. The Labute approximate surface area is 137 Å². The van der Waals surface area contributed by atoms with Gasteiger partial charge in [0, 0.05) is 12.1 Å². The van der Waals surface area contributed by atoms with Crippen LogP contribution < -0.4 is 4.74 Å². The second kappa shape index (κ2) is 5.45. The van der Waals surface area contributed by atoms with Crippen LogP contribution in [-0.4, -0.2) is 18.5 Å². The summed E-state index contributed by atoms with van der Waals surface area (Å²) in [6.07, 6.45) is 1.74. The highest BCUT2D eigenvalue weighted by molar-refractivity contribution is 9.10. The third-order valence-electron chi connectivity index (χ3n) is 4.11. The van der Waals surface area contributed by atoms with Crippen LogP contribution in [0.5, 0.6) is 5.75 Å². The summed E-state index contributed by atoms with van der Waals surface area (Å²) in [5.74, 6) is 1.86. The Morgan fingerprint density at radius 2 is 2.05 bits per heavy atom. The summed E-state index contributed by atoms with van der Waals surface area (Å²) in [5.41, 5.74) is 1.15. The highest BCUT2D eigenvalue weighted by Crippen LogP contribution is 2.37. The Balaban J connectivity index is 1.71. The zero-order chi connectivity index (χ0) is 15.1. The summed E-state index contributed by atoms with van der Waals surface area (Å²) in [4.78, 5) is 2.21. The van der Waals surface area contributed by atoms with Crippen molar-refractivity contribution in [2.45, 2.75) is 12.6 Å². The Kier molecular flexibility index (Phi) is 3.43. The molecule has 1 atom stereocenters. The number of nitrogens with zero attached hydrogens (tertiary/aromatic N) is 1. The largest absolute Gasteiger partial charge is 0.483 e. The number of rotatable bonds is 2. The molecule has 1 aliphatic heterocycles. The van der Waals surface area contributed by atoms with Gasteiger partial charge in [-0.15, -0.1) is 0 Å². The molecule has 1 aliphatic rings. The number of fused-ring (bicyclic) bond motifs is 2. The van der Waals surface area contributed by atoms with E-state index >= 15 is 0 Å². The van der Waals surface area contributed by atoms with Gasteiger partial charge >= 0.3 is 0 Å². The number of halogens is 1. The van der Waals surface area contributed by atoms with Gasteiger partial charge in [0.1, 0.15) is 17.6 Å². The summed E-state index contributed by atoms with van der Waals surface area (Å²) in [6, 6.07) is 14.4. The molecule has 4 heteroatoms. The van der Waals surface area contributed by atoms with Crippen LogP contribution >= 0.6 is 15.9 Å². The van der Waals surface area contributed by atoms with Gasteiger partial charge in [0.05, 0.1) is 17.3 Å². The smallest absolute Gasteiger partial charge is 0.140 e. The normalized spacial score (nSPS) is 18.4. The number of furan rings is 1. The molecule has 0 aliphatic carbocycles. The van der Waals surface area contributed by atoms with Crippen LogP contribution in [0, 0.1) is 0 Å². The van der Waals surface area contributed by atoms with Gasteiger partial charge in [0.25, 0.3) is 0 Å². The Hall–Kier alpha value is -1.78. The van der Waals surface area contributed by atoms with Crippen molar-refractivity contribution in [1.29, 1.82) is 0 Å². The first kappa shape index (κ1) is 13.9. The molecule has 3 nitrogen and oxygen atoms in total. The van der Waals surface area contributed by atoms with Gasteiger partial charge < -0.3 is 9.15 Å². The van der Waals surface area contributed by atoms with Crippen molar-refractivity contribution in [3.63, 3.8) is 0 Å². The van der Waals surface area contributed by atoms with Crippen LogP contribution in [-0.2, 0) is 6.54 Å². The zero-order valence-corrected chi connectivity index (χ0v) is 13.8. The minimum atomic E-state index is -0.00929. The Morgan fingerprint density at radius 3 is 2.95 bits per heavy atom. The van der Waals surface area contributed by atoms with E-state index in [1.54, 1.807) is 6.26 Å². The minimum Gasteiger partial charge on any atom is -0.483 e. The van der Waals surface area contributed by atoms with Crippen LogP contribution in [0.15, 0.2) is 57.6 Å². The molecule has 0 amide bonds. The van der Waals surface area contributed by atoms with Crippen molar-refractivity contribution in [2.24, 2.45) is 0 Å². The molecule has 2 aromatic carbocycles. The lowest BCUT2D eigenvalue weighted by Crippen LogP contribution is -2.32. The van der Waals surface area contributed by atoms with Crippen molar-refractivity contribution in [1.82, 2.24) is 4.90 Å². The van der Waals surface area contributed by atoms with E-state index in [1.165, 1.54) is 5.39 Å². The van der Waals surface area contributed by atoms with Gasteiger partial charge in [0.15, 0.2) is 0 Å². The molecule has 22 heavy (non-hydrogen) atoms. The second-order valence-corrected chi connectivity index (χ2v) is 6.49. The summed E-state index contributed by atoms with van der Waals surface area (Å²) in [7, 11) is 2.08. The number of hydrogen-bond donors (Lipinski definition) is 0. The van der Waals surface area contributed by atoms with E-state index in [2.05, 4.69) is 46.1 Å². The van der Waals surface area contributed by atoms with Crippen molar-refractivity contribution in [3.8, 4) is 5.75 Å². The minimum absolute atomic E-state index is 0.00929. The van der Waals surface area contributed by atoms with E-state index < -0.39 is 0 Å². The van der Waals surface area contributed by atoms with Crippen LogP contribution in [0.25, 0.3) is 10.8 Å². The number of hydrogen-bond acceptors (Lipinski definition) is 3. The summed E-state index contributed by atoms with van der Waals surface area (Å²) < 4.78 is 12.9. The van der Waals surface area contributed by atoms with Crippen LogP contribution in [0.1, 0.15) is 17.4 Å². The van der Waals surface area contributed by atoms with Crippen LogP contribution in [0.2, 0.25) is 0 Å². The maximum absolute atomic E-state index is 6.30. The third-order valence-corrected chi connectivity index (χ3v) is 4.93. The maximum Gasteiger partial charge on any atom is 0.140 e. The first-order valence-electron chi connectivity index (χ1n) is 7.31. The Bertz CT molecular complexity index is 827. The fraction of sp³-hybridized carbons (Fsp3) is 0.222. The van der Waals surface area contributed by atoms with E-state index in [1.807, 2.05) is 24.3 Å². The maximum atomic E-state index is 6.30. The molecular weight excluding hydrogens is 342 g/mol. The van der Waals surface area contributed by atoms with Crippen molar-refractivity contribution in [2.75, 3.05) is 13.6 Å². The molecule has 1 unspecified atom stereocenters. The lowest BCUT2D eigenvalue weighted by Gasteiger charge is -2.29. The fourth-order valence-corrected chi connectivity index (χ4v) is 3.60. The SMILES string of the molecule is CN1Cc2occc2C(Oc2ccc3ccccc3c2Br)C1. The molecule has 0 N–H and O–H groups in total. The van der Waals surface area contributed by atoms with Crippen LogP contribution in [0.4, 0.5) is 0 Å². The van der Waals surface area contributed by atoms with E-state index in [4.69, 9.17) is 9.15 Å². The third kappa shape index (κ3) is 2.32. The molecule has 0 saturated carbocycles. The zero-order valence-electron chi connectivity index (χ0n) is 12.3. The highest BCUT2D eigenvalue weighted by Gasteiger charge is 2.27. The monoisotopic (exact) mass is 357 g/mol. The van der Waals surface area contributed by atoms with Crippen molar-refractivity contribution >= 4 is 26.7 Å². The van der Waals surface area contributed by atoms with Gasteiger partial charge in [-0.3, -0.25) is 4.90 Å². The topological polar surface area (TPSA) is 25.6 Å². The number of ether oxygens (including phenoxy) is 1. The number of benzene rings is 2. The van der Waals surface area contributed by atoms with Gasteiger partial charge in [-0.2, -0.15) is 0 Å². The van der Waals surface area contributed by atoms with Gasteiger partial charge in [-0.1, -0.05) is 30.3 Å². The summed E-state index contributed by atoms with van der Waals surface area (Å²) in [5, 5.41) is 2.36. The molecule has 1 aromatic heterocycles. The standard InChI is InChI=1S/C18H16BrNO2/c1-20-10-16-14(8-9-21-16)17(11-20)22-15-7-6-12-4-2-3-5-13(12)18(15)19/h2-9,17H,10-11H2,1H3. The summed E-state index contributed by atoms with van der Waals surface area (Å²) in [6.45, 7) is 1.69. The quantitative estimate of drug-likeness (QED) is 0.661. The predicted octanol–water partition coefficient (Wildman–Crippen LogP) is 4.76. The van der Waals surface area contributed by atoms with E-state index in [-0.39, 0.29) is 6.10 Å². The Morgan fingerprint density at radius 1 is 1.18 bits per heavy atom. The molecule has 0 radical (unpaired) electrons. The molecule has 3 aromatic rings. The van der Waals surface area contributed by atoms with E-state index in [0.29, 0.717) is 0 Å². The molecule has 0 bridgehead atoms. The predicted molar refractivity (Wildman–Crippen MR) is 90.1 cm³/mol. The van der Waals surface area contributed by atoms with Crippen LogP contribution in [0.3, 0.4) is 0 Å².